The predicted molar refractivity (Wildman–Crippen MR) is 71.4 cm³/mol. The van der Waals surface area contributed by atoms with Gasteiger partial charge in [-0.05, 0) is 18.9 Å². The molecule has 21 heavy (non-hydrogen) atoms. The SMILES string of the molecule is O=C(NC1CCS(=O)CC1)c1cc(F)cc([N+](=O)[O-])c1F. The first-order valence-electron chi connectivity index (χ1n) is 6.17. The number of carbonyl (C=O) groups excluding carboxylic acids is 1. The Bertz CT molecular complexity index is 614. The van der Waals surface area contributed by atoms with Crippen LogP contribution in [0.5, 0.6) is 0 Å². The second-order valence-corrected chi connectivity index (χ2v) is 6.34. The topological polar surface area (TPSA) is 89.3 Å². The molecule has 0 atom stereocenters. The smallest absolute Gasteiger partial charge is 0.308 e. The van der Waals surface area contributed by atoms with Crippen molar-refractivity contribution < 1.29 is 22.7 Å². The highest BCUT2D eigenvalue weighted by molar-refractivity contribution is 7.85. The number of halogens is 2. The van der Waals surface area contributed by atoms with E-state index in [1.807, 2.05) is 0 Å². The summed E-state index contributed by atoms with van der Waals surface area (Å²) in [4.78, 5) is 21.4. The fourth-order valence-electron chi connectivity index (χ4n) is 2.07. The lowest BCUT2D eigenvalue weighted by Crippen LogP contribution is -2.40. The predicted octanol–water partition coefficient (Wildman–Crippen LogP) is 1.51. The molecule has 2 rings (SSSR count). The summed E-state index contributed by atoms with van der Waals surface area (Å²) in [6, 6.07) is 0.756. The van der Waals surface area contributed by atoms with Crippen molar-refractivity contribution >= 4 is 22.4 Å². The van der Waals surface area contributed by atoms with Crippen LogP contribution in [0.15, 0.2) is 12.1 Å². The summed E-state index contributed by atoms with van der Waals surface area (Å²) in [7, 11) is -0.913. The molecule has 1 aliphatic rings. The lowest BCUT2D eigenvalue weighted by atomic mass is 10.1. The van der Waals surface area contributed by atoms with Crippen LogP contribution in [0.3, 0.4) is 0 Å². The van der Waals surface area contributed by atoms with Crippen LogP contribution in [0, 0.1) is 21.7 Å². The maximum Gasteiger partial charge on any atom is 0.308 e. The first kappa shape index (κ1) is 15.5. The number of hydrogen-bond acceptors (Lipinski definition) is 4. The van der Waals surface area contributed by atoms with Crippen LogP contribution in [-0.4, -0.2) is 32.6 Å². The number of nitro benzene ring substituents is 1. The minimum Gasteiger partial charge on any atom is -0.349 e. The van der Waals surface area contributed by atoms with E-state index in [9.17, 15) is 27.9 Å². The van der Waals surface area contributed by atoms with Crippen LogP contribution in [0.1, 0.15) is 23.2 Å². The Morgan fingerprint density at radius 1 is 1.33 bits per heavy atom. The zero-order chi connectivity index (χ0) is 15.6. The van der Waals surface area contributed by atoms with Crippen LogP contribution >= 0.6 is 0 Å². The van der Waals surface area contributed by atoms with Crippen LogP contribution in [0.25, 0.3) is 0 Å². The minimum atomic E-state index is -1.36. The number of nitro groups is 1. The highest BCUT2D eigenvalue weighted by Gasteiger charge is 2.26. The Kier molecular flexibility index (Phi) is 4.61. The molecule has 1 aliphatic heterocycles. The van der Waals surface area contributed by atoms with Crippen molar-refractivity contribution in [2.75, 3.05) is 11.5 Å². The van der Waals surface area contributed by atoms with Gasteiger partial charge in [-0.15, -0.1) is 0 Å². The van der Waals surface area contributed by atoms with Gasteiger partial charge in [-0.25, -0.2) is 4.39 Å². The van der Waals surface area contributed by atoms with Gasteiger partial charge in [0.2, 0.25) is 5.82 Å². The summed E-state index contributed by atoms with van der Waals surface area (Å²) in [5.41, 5.74) is -1.78. The standard InChI is InChI=1S/C12H12F2N2O4S/c13-7-5-9(11(14)10(6-7)16(18)19)12(17)15-8-1-3-21(20)4-2-8/h5-6,8H,1-4H2,(H,15,17). The third-order valence-electron chi connectivity index (χ3n) is 3.18. The minimum absolute atomic E-state index is 0.295. The van der Waals surface area contributed by atoms with Crippen LogP contribution in [-0.2, 0) is 10.8 Å². The van der Waals surface area contributed by atoms with Crippen molar-refractivity contribution in [3.63, 3.8) is 0 Å². The van der Waals surface area contributed by atoms with Crippen LogP contribution in [0.2, 0.25) is 0 Å². The van der Waals surface area contributed by atoms with E-state index in [0.717, 1.165) is 0 Å². The number of nitrogens with zero attached hydrogens (tertiary/aromatic N) is 1. The monoisotopic (exact) mass is 318 g/mol. The molecule has 1 aromatic rings. The van der Waals surface area contributed by atoms with Crippen LogP contribution < -0.4 is 5.32 Å². The summed E-state index contributed by atoms with van der Waals surface area (Å²) in [5.74, 6) is -2.47. The second kappa shape index (κ2) is 6.25. The lowest BCUT2D eigenvalue weighted by molar-refractivity contribution is -0.387. The van der Waals surface area contributed by atoms with Gasteiger partial charge in [0, 0.05) is 28.3 Å². The molecule has 0 spiro atoms. The van der Waals surface area contributed by atoms with E-state index in [1.54, 1.807) is 0 Å². The lowest BCUT2D eigenvalue weighted by Gasteiger charge is -2.22. The summed E-state index contributed by atoms with van der Waals surface area (Å²) >= 11 is 0. The molecule has 1 aromatic carbocycles. The van der Waals surface area contributed by atoms with Crippen molar-refractivity contribution in [1.29, 1.82) is 0 Å². The summed E-state index contributed by atoms with van der Waals surface area (Å²) in [6.45, 7) is 0. The third kappa shape index (κ3) is 3.60. The second-order valence-electron chi connectivity index (χ2n) is 4.64. The highest BCUT2D eigenvalue weighted by atomic mass is 32.2. The van der Waals surface area contributed by atoms with E-state index < -0.39 is 44.5 Å². The number of benzene rings is 1. The molecule has 1 saturated heterocycles. The molecule has 1 amide bonds. The molecule has 0 saturated carbocycles. The van der Waals surface area contributed by atoms with Gasteiger partial charge in [-0.1, -0.05) is 0 Å². The average molecular weight is 318 g/mol. The normalized spacial score (nSPS) is 21.8. The Hall–Kier alpha value is -1.90. The molecule has 114 valence electrons. The van der Waals surface area contributed by atoms with Crippen molar-refractivity contribution in [1.82, 2.24) is 5.32 Å². The quantitative estimate of drug-likeness (QED) is 0.676. The first-order chi connectivity index (χ1) is 9.88. The summed E-state index contributed by atoms with van der Waals surface area (Å²) in [6.07, 6.45) is 0.939. The van der Waals surface area contributed by atoms with E-state index >= 15 is 0 Å². The Morgan fingerprint density at radius 2 is 1.95 bits per heavy atom. The molecule has 9 heteroatoms. The molecule has 0 unspecified atom stereocenters. The van der Waals surface area contributed by atoms with Gasteiger partial charge in [0.05, 0.1) is 16.6 Å². The zero-order valence-electron chi connectivity index (χ0n) is 10.8. The molecule has 1 N–H and O–H groups in total. The molecular weight excluding hydrogens is 306 g/mol. The molecule has 0 aromatic heterocycles. The van der Waals surface area contributed by atoms with Gasteiger partial charge >= 0.3 is 5.69 Å². The summed E-state index contributed by atoms with van der Waals surface area (Å²) < 4.78 is 38.3. The highest BCUT2D eigenvalue weighted by Crippen LogP contribution is 2.23. The number of rotatable bonds is 3. The number of nitrogens with one attached hydrogen (secondary N) is 1. The number of carbonyl (C=O) groups is 1. The van der Waals surface area contributed by atoms with E-state index in [2.05, 4.69) is 5.32 Å². The van der Waals surface area contributed by atoms with E-state index in [4.69, 9.17) is 0 Å². The Labute approximate surface area is 121 Å². The largest absolute Gasteiger partial charge is 0.349 e. The first-order valence-corrected chi connectivity index (χ1v) is 7.66. The van der Waals surface area contributed by atoms with Gasteiger partial charge in [-0.2, -0.15) is 4.39 Å². The molecular formula is C12H12F2N2O4S. The molecule has 0 radical (unpaired) electrons. The van der Waals surface area contributed by atoms with Gasteiger partial charge in [0.1, 0.15) is 5.82 Å². The Morgan fingerprint density at radius 3 is 2.52 bits per heavy atom. The van der Waals surface area contributed by atoms with Gasteiger partial charge in [-0.3, -0.25) is 19.1 Å². The fraction of sp³-hybridized carbons (Fsp3) is 0.417. The molecule has 0 aliphatic carbocycles. The van der Waals surface area contributed by atoms with Crippen molar-refractivity contribution in [2.45, 2.75) is 18.9 Å². The van der Waals surface area contributed by atoms with Crippen molar-refractivity contribution in [3.05, 3.63) is 39.4 Å². The maximum atomic E-state index is 13.9. The Balaban J connectivity index is 2.19. The summed E-state index contributed by atoms with van der Waals surface area (Å²) in [5, 5.41) is 13.1. The molecule has 1 heterocycles. The molecule has 6 nitrogen and oxygen atoms in total. The third-order valence-corrected chi connectivity index (χ3v) is 4.56. The van der Waals surface area contributed by atoms with Crippen molar-refractivity contribution in [2.24, 2.45) is 0 Å². The number of hydrogen-bond donors (Lipinski definition) is 1. The van der Waals surface area contributed by atoms with Gasteiger partial charge < -0.3 is 5.32 Å². The van der Waals surface area contributed by atoms with Crippen molar-refractivity contribution in [3.8, 4) is 0 Å². The number of amides is 1. The van der Waals surface area contributed by atoms with E-state index in [1.165, 1.54) is 0 Å². The van der Waals surface area contributed by atoms with E-state index in [-0.39, 0.29) is 6.04 Å². The van der Waals surface area contributed by atoms with Crippen LogP contribution in [0.4, 0.5) is 14.5 Å². The average Bonchev–Trinajstić information content (AvgIpc) is 2.43. The van der Waals surface area contributed by atoms with E-state index in [0.29, 0.717) is 36.5 Å². The zero-order valence-corrected chi connectivity index (χ0v) is 11.6. The fourth-order valence-corrected chi connectivity index (χ4v) is 3.37. The van der Waals surface area contributed by atoms with Gasteiger partial charge in [0.25, 0.3) is 5.91 Å². The maximum absolute atomic E-state index is 13.9. The molecule has 0 bridgehead atoms. The molecule has 1 fully saturated rings. The van der Waals surface area contributed by atoms with Gasteiger partial charge in [0.15, 0.2) is 0 Å².